The SMILES string of the molecule is CC(=O)N1CCC[C@@H](N(C)C(=O)NCc2cc3cc(Cl)cc(C)c3[nH]2)C1. The molecule has 0 saturated carbocycles. The minimum atomic E-state index is -0.131. The number of likely N-dealkylation sites (N-methyl/N-ethyl adjacent to an activating group) is 1. The monoisotopic (exact) mass is 376 g/mol. The van der Waals surface area contributed by atoms with Gasteiger partial charge in [0.25, 0.3) is 0 Å². The van der Waals surface area contributed by atoms with Crippen molar-refractivity contribution in [2.45, 2.75) is 39.3 Å². The number of likely N-dealkylation sites (tertiary alicyclic amines) is 1. The van der Waals surface area contributed by atoms with E-state index in [1.54, 1.807) is 18.9 Å². The standard InChI is InChI=1S/C19H25ClN4O2/c1-12-7-15(20)8-14-9-16(22-18(12)14)10-21-19(26)23(3)17-5-4-6-24(11-17)13(2)25/h7-9,17,22H,4-6,10-11H2,1-3H3,(H,21,26)/t17-/m1/s1. The summed E-state index contributed by atoms with van der Waals surface area (Å²) in [5.41, 5.74) is 3.05. The van der Waals surface area contributed by atoms with Crippen molar-refractivity contribution in [3.63, 3.8) is 0 Å². The Kier molecular flexibility index (Phi) is 5.41. The molecule has 1 atom stereocenters. The average molecular weight is 377 g/mol. The van der Waals surface area contributed by atoms with Gasteiger partial charge in [-0.1, -0.05) is 11.6 Å². The minimum absolute atomic E-state index is 0.0522. The molecule has 140 valence electrons. The van der Waals surface area contributed by atoms with Crippen LogP contribution in [0.1, 0.15) is 31.0 Å². The maximum atomic E-state index is 12.5. The molecule has 1 aromatic carbocycles. The number of carbonyl (C=O) groups excluding carboxylic acids is 2. The lowest BCUT2D eigenvalue weighted by molar-refractivity contribution is -0.130. The first kappa shape index (κ1) is 18.6. The molecule has 0 spiro atoms. The number of fused-ring (bicyclic) bond motifs is 1. The zero-order valence-electron chi connectivity index (χ0n) is 15.4. The van der Waals surface area contributed by atoms with Crippen LogP contribution in [0.2, 0.25) is 5.02 Å². The van der Waals surface area contributed by atoms with Crippen LogP contribution >= 0.6 is 11.6 Å². The summed E-state index contributed by atoms with van der Waals surface area (Å²) in [6.07, 6.45) is 1.84. The number of piperidine rings is 1. The summed E-state index contributed by atoms with van der Waals surface area (Å²) < 4.78 is 0. The number of urea groups is 1. The molecule has 1 aliphatic heterocycles. The van der Waals surface area contributed by atoms with Crippen molar-refractivity contribution in [1.82, 2.24) is 20.1 Å². The Balaban J connectivity index is 1.61. The second-order valence-electron chi connectivity index (χ2n) is 7.01. The van der Waals surface area contributed by atoms with E-state index in [0.717, 1.165) is 41.5 Å². The van der Waals surface area contributed by atoms with E-state index < -0.39 is 0 Å². The molecule has 2 heterocycles. The van der Waals surface area contributed by atoms with Crippen molar-refractivity contribution in [3.05, 3.63) is 34.5 Å². The molecule has 7 heteroatoms. The fourth-order valence-corrected chi connectivity index (χ4v) is 3.83. The molecule has 0 radical (unpaired) electrons. The number of H-pyrrole nitrogens is 1. The van der Waals surface area contributed by atoms with Gasteiger partial charge in [0, 0.05) is 48.7 Å². The fraction of sp³-hybridized carbons (Fsp3) is 0.474. The van der Waals surface area contributed by atoms with Gasteiger partial charge >= 0.3 is 6.03 Å². The van der Waals surface area contributed by atoms with Gasteiger partial charge in [-0.2, -0.15) is 0 Å². The van der Waals surface area contributed by atoms with Crippen LogP contribution in [-0.2, 0) is 11.3 Å². The highest BCUT2D eigenvalue weighted by molar-refractivity contribution is 6.31. The zero-order valence-corrected chi connectivity index (χ0v) is 16.2. The molecular formula is C19H25ClN4O2. The maximum absolute atomic E-state index is 12.5. The third kappa shape index (κ3) is 3.96. The predicted octanol–water partition coefficient (Wildman–Crippen LogP) is 3.28. The number of hydrogen-bond donors (Lipinski definition) is 2. The molecule has 0 bridgehead atoms. The summed E-state index contributed by atoms with van der Waals surface area (Å²) in [6, 6.07) is 5.76. The van der Waals surface area contributed by atoms with E-state index >= 15 is 0 Å². The maximum Gasteiger partial charge on any atom is 0.317 e. The summed E-state index contributed by atoms with van der Waals surface area (Å²) in [5.74, 6) is 0.0654. The van der Waals surface area contributed by atoms with Crippen LogP contribution in [0.15, 0.2) is 18.2 Å². The number of carbonyl (C=O) groups is 2. The van der Waals surface area contributed by atoms with Crippen LogP contribution in [0, 0.1) is 6.92 Å². The van der Waals surface area contributed by atoms with Gasteiger partial charge < -0.3 is 20.1 Å². The van der Waals surface area contributed by atoms with Gasteiger partial charge in [-0.25, -0.2) is 4.79 Å². The summed E-state index contributed by atoms with van der Waals surface area (Å²) in [7, 11) is 1.79. The molecule has 26 heavy (non-hydrogen) atoms. The molecule has 6 nitrogen and oxygen atoms in total. The number of halogens is 1. The van der Waals surface area contributed by atoms with Crippen molar-refractivity contribution in [1.29, 1.82) is 0 Å². The van der Waals surface area contributed by atoms with Crippen LogP contribution in [0.5, 0.6) is 0 Å². The smallest absolute Gasteiger partial charge is 0.317 e. The molecule has 3 rings (SSSR count). The van der Waals surface area contributed by atoms with Gasteiger partial charge in [0.2, 0.25) is 5.91 Å². The Morgan fingerprint density at radius 3 is 2.88 bits per heavy atom. The molecule has 0 unspecified atom stereocenters. The number of amides is 3. The normalized spacial score (nSPS) is 17.4. The molecule has 0 aliphatic carbocycles. The van der Waals surface area contributed by atoms with Crippen molar-refractivity contribution in [3.8, 4) is 0 Å². The van der Waals surface area contributed by atoms with E-state index in [1.807, 2.05) is 30.0 Å². The van der Waals surface area contributed by atoms with Crippen LogP contribution in [0.3, 0.4) is 0 Å². The van der Waals surface area contributed by atoms with Crippen LogP contribution < -0.4 is 5.32 Å². The topological polar surface area (TPSA) is 68.4 Å². The van der Waals surface area contributed by atoms with E-state index in [1.165, 1.54) is 0 Å². The quantitative estimate of drug-likeness (QED) is 0.863. The van der Waals surface area contributed by atoms with Gasteiger partial charge in [0.1, 0.15) is 0 Å². The first-order valence-electron chi connectivity index (χ1n) is 8.89. The Labute approximate surface area is 158 Å². The van der Waals surface area contributed by atoms with Crippen LogP contribution in [-0.4, -0.2) is 52.9 Å². The van der Waals surface area contributed by atoms with Gasteiger partial charge in [0.15, 0.2) is 0 Å². The summed E-state index contributed by atoms with van der Waals surface area (Å²) in [6.45, 7) is 5.37. The molecule has 2 N–H and O–H groups in total. The summed E-state index contributed by atoms with van der Waals surface area (Å²) in [5, 5.41) is 4.70. The van der Waals surface area contributed by atoms with Gasteiger partial charge in [-0.15, -0.1) is 0 Å². The molecule has 1 aliphatic rings. The highest BCUT2D eigenvalue weighted by Crippen LogP contribution is 2.24. The molecule has 1 saturated heterocycles. The third-order valence-electron chi connectivity index (χ3n) is 5.09. The number of aryl methyl sites for hydroxylation is 1. The average Bonchev–Trinajstić information content (AvgIpc) is 3.02. The second kappa shape index (κ2) is 7.58. The van der Waals surface area contributed by atoms with E-state index in [0.29, 0.717) is 18.1 Å². The van der Waals surface area contributed by atoms with E-state index in [-0.39, 0.29) is 18.0 Å². The molecular weight excluding hydrogens is 352 g/mol. The lowest BCUT2D eigenvalue weighted by atomic mass is 10.0. The van der Waals surface area contributed by atoms with E-state index in [9.17, 15) is 9.59 Å². The first-order chi connectivity index (χ1) is 12.3. The lowest BCUT2D eigenvalue weighted by Crippen LogP contribution is -2.52. The molecule has 2 aromatic rings. The number of rotatable bonds is 3. The van der Waals surface area contributed by atoms with Crippen molar-refractivity contribution < 1.29 is 9.59 Å². The Morgan fingerprint density at radius 2 is 2.15 bits per heavy atom. The Morgan fingerprint density at radius 1 is 1.38 bits per heavy atom. The first-order valence-corrected chi connectivity index (χ1v) is 9.27. The summed E-state index contributed by atoms with van der Waals surface area (Å²) >= 11 is 6.10. The largest absolute Gasteiger partial charge is 0.357 e. The number of aromatic amines is 1. The highest BCUT2D eigenvalue weighted by atomic mass is 35.5. The summed E-state index contributed by atoms with van der Waals surface area (Å²) in [4.78, 5) is 30.9. The van der Waals surface area contributed by atoms with E-state index in [4.69, 9.17) is 11.6 Å². The second-order valence-corrected chi connectivity index (χ2v) is 7.45. The van der Waals surface area contributed by atoms with Crippen LogP contribution in [0.25, 0.3) is 10.9 Å². The van der Waals surface area contributed by atoms with Gasteiger partial charge in [-0.05, 0) is 43.5 Å². The minimum Gasteiger partial charge on any atom is -0.357 e. The Bertz CT molecular complexity index is 832. The predicted molar refractivity (Wildman–Crippen MR) is 103 cm³/mol. The molecule has 3 amide bonds. The fourth-order valence-electron chi connectivity index (χ4n) is 3.55. The van der Waals surface area contributed by atoms with Crippen molar-refractivity contribution >= 4 is 34.4 Å². The Hall–Kier alpha value is -2.21. The van der Waals surface area contributed by atoms with E-state index in [2.05, 4.69) is 10.3 Å². The highest BCUT2D eigenvalue weighted by Gasteiger charge is 2.27. The number of nitrogens with zero attached hydrogens (tertiary/aromatic N) is 2. The third-order valence-corrected chi connectivity index (χ3v) is 5.30. The number of hydrogen-bond acceptors (Lipinski definition) is 2. The zero-order chi connectivity index (χ0) is 18.8. The lowest BCUT2D eigenvalue weighted by Gasteiger charge is -2.37. The van der Waals surface area contributed by atoms with Crippen molar-refractivity contribution in [2.24, 2.45) is 0 Å². The van der Waals surface area contributed by atoms with Gasteiger partial charge in [-0.3, -0.25) is 4.79 Å². The number of nitrogens with one attached hydrogen (secondary N) is 2. The van der Waals surface area contributed by atoms with Crippen LogP contribution in [0.4, 0.5) is 4.79 Å². The van der Waals surface area contributed by atoms with Crippen molar-refractivity contribution in [2.75, 3.05) is 20.1 Å². The van der Waals surface area contributed by atoms with Gasteiger partial charge in [0.05, 0.1) is 12.6 Å². The number of benzene rings is 1. The molecule has 1 fully saturated rings. The number of aromatic nitrogens is 1. The molecule has 1 aromatic heterocycles.